The Balaban J connectivity index is 2.02. The van der Waals surface area contributed by atoms with Crippen molar-refractivity contribution in [3.05, 3.63) is 42.0 Å². The number of pyridine rings is 1. The number of aryl methyl sites for hydroxylation is 1. The molecule has 1 amide bonds. The van der Waals surface area contributed by atoms with E-state index in [9.17, 15) is 4.79 Å². The van der Waals surface area contributed by atoms with Gasteiger partial charge in [0.05, 0.1) is 42.5 Å². The van der Waals surface area contributed by atoms with E-state index < -0.39 is 0 Å². The third-order valence-corrected chi connectivity index (χ3v) is 3.79. The molecule has 2 heterocycles. The van der Waals surface area contributed by atoms with Crippen molar-refractivity contribution in [1.82, 2.24) is 19.7 Å². The molecule has 7 nitrogen and oxygen atoms in total. The zero-order valence-corrected chi connectivity index (χ0v) is 14.0. The molecule has 0 aliphatic carbocycles. The molecule has 0 saturated carbocycles. The van der Waals surface area contributed by atoms with Gasteiger partial charge in [0.2, 0.25) is 5.91 Å². The van der Waals surface area contributed by atoms with Crippen LogP contribution in [-0.2, 0) is 16.6 Å². The summed E-state index contributed by atoms with van der Waals surface area (Å²) >= 11 is 0. The minimum absolute atomic E-state index is 0.0815. The predicted octanol–water partition coefficient (Wildman–Crippen LogP) is 1.38. The highest BCUT2D eigenvalue weighted by atomic mass is 16.5. The Kier molecular flexibility index (Phi) is 5.84. The summed E-state index contributed by atoms with van der Waals surface area (Å²) in [6.07, 6.45) is 3.39. The Morgan fingerprint density at radius 1 is 1.48 bits per heavy atom. The van der Waals surface area contributed by atoms with E-state index in [2.05, 4.69) is 15.4 Å². The molecule has 0 aromatic carbocycles. The van der Waals surface area contributed by atoms with Crippen molar-refractivity contribution in [2.24, 2.45) is 7.05 Å². The molecule has 0 aliphatic rings. The van der Waals surface area contributed by atoms with Crippen molar-refractivity contribution in [1.29, 1.82) is 0 Å². The zero-order valence-electron chi connectivity index (χ0n) is 14.0. The fourth-order valence-corrected chi connectivity index (χ4v) is 2.32. The van der Waals surface area contributed by atoms with Crippen LogP contribution in [0.2, 0.25) is 0 Å². The van der Waals surface area contributed by atoms with Gasteiger partial charge in [-0.2, -0.15) is 5.10 Å². The fraction of sp³-hybridized carbons (Fsp3) is 0.438. The van der Waals surface area contributed by atoms with Gasteiger partial charge in [-0.05, 0) is 26.1 Å². The molecule has 2 aromatic heterocycles. The second-order valence-corrected chi connectivity index (χ2v) is 5.46. The van der Waals surface area contributed by atoms with Crippen molar-refractivity contribution >= 4 is 11.6 Å². The molecule has 1 N–H and O–H groups in total. The summed E-state index contributed by atoms with van der Waals surface area (Å²) in [6, 6.07) is 5.65. The van der Waals surface area contributed by atoms with E-state index in [0.717, 1.165) is 17.1 Å². The summed E-state index contributed by atoms with van der Waals surface area (Å²) in [6.45, 7) is 2.61. The number of aromatic nitrogens is 3. The topological polar surface area (TPSA) is 72.3 Å². The number of rotatable bonds is 7. The van der Waals surface area contributed by atoms with E-state index in [-0.39, 0.29) is 18.5 Å². The number of nitrogens with one attached hydrogen (secondary N) is 1. The second kappa shape index (κ2) is 7.85. The Morgan fingerprint density at radius 3 is 2.83 bits per heavy atom. The van der Waals surface area contributed by atoms with Crippen molar-refractivity contribution in [3.8, 4) is 0 Å². The quantitative estimate of drug-likeness (QED) is 0.835. The number of hydrogen-bond donors (Lipinski definition) is 1. The van der Waals surface area contributed by atoms with Crippen molar-refractivity contribution in [2.45, 2.75) is 13.0 Å². The third-order valence-electron chi connectivity index (χ3n) is 3.79. The number of likely N-dealkylation sites (N-methyl/N-ethyl adjacent to an activating group) is 1. The third kappa shape index (κ3) is 4.37. The van der Waals surface area contributed by atoms with Gasteiger partial charge in [0.15, 0.2) is 0 Å². The molecule has 7 heteroatoms. The first-order chi connectivity index (χ1) is 11.0. The van der Waals surface area contributed by atoms with Crippen LogP contribution < -0.4 is 5.32 Å². The SMILES string of the molecule is COCC(c1ccccn1)N(C)CC(=O)Nc1cnn(C)c1C. The van der Waals surface area contributed by atoms with Crippen molar-refractivity contribution < 1.29 is 9.53 Å². The number of carbonyl (C=O) groups is 1. The molecule has 2 aromatic rings. The van der Waals surface area contributed by atoms with E-state index in [1.54, 1.807) is 24.2 Å². The van der Waals surface area contributed by atoms with Crippen molar-refractivity contribution in [2.75, 3.05) is 32.6 Å². The molecule has 1 unspecified atom stereocenters. The summed E-state index contributed by atoms with van der Waals surface area (Å²) in [5.41, 5.74) is 2.52. The normalized spacial score (nSPS) is 12.4. The average molecular weight is 317 g/mol. The molecule has 0 saturated heterocycles. The number of ether oxygens (including phenoxy) is 1. The minimum Gasteiger partial charge on any atom is -0.383 e. The predicted molar refractivity (Wildman–Crippen MR) is 88.1 cm³/mol. The van der Waals surface area contributed by atoms with Gasteiger partial charge >= 0.3 is 0 Å². The van der Waals surface area contributed by atoms with Crippen LogP contribution in [0.1, 0.15) is 17.4 Å². The first kappa shape index (κ1) is 17.1. The first-order valence-electron chi connectivity index (χ1n) is 7.41. The smallest absolute Gasteiger partial charge is 0.238 e. The van der Waals surface area contributed by atoms with Gasteiger partial charge < -0.3 is 10.1 Å². The molecule has 23 heavy (non-hydrogen) atoms. The lowest BCUT2D eigenvalue weighted by atomic mass is 10.1. The fourth-order valence-electron chi connectivity index (χ4n) is 2.32. The van der Waals surface area contributed by atoms with Gasteiger partial charge in [-0.25, -0.2) is 0 Å². The van der Waals surface area contributed by atoms with E-state index >= 15 is 0 Å². The largest absolute Gasteiger partial charge is 0.383 e. The summed E-state index contributed by atoms with van der Waals surface area (Å²) in [7, 11) is 5.36. The number of anilines is 1. The maximum absolute atomic E-state index is 12.3. The highest BCUT2D eigenvalue weighted by Gasteiger charge is 2.21. The molecule has 0 bridgehead atoms. The molecule has 0 fully saturated rings. The van der Waals surface area contributed by atoms with Crippen LogP contribution in [0.5, 0.6) is 0 Å². The van der Waals surface area contributed by atoms with Crippen LogP contribution in [0, 0.1) is 6.92 Å². The van der Waals surface area contributed by atoms with E-state index in [1.807, 2.05) is 44.1 Å². The monoisotopic (exact) mass is 317 g/mol. The highest BCUT2D eigenvalue weighted by molar-refractivity contribution is 5.92. The summed E-state index contributed by atoms with van der Waals surface area (Å²) in [5, 5.41) is 7.00. The van der Waals surface area contributed by atoms with E-state index in [1.165, 1.54) is 0 Å². The minimum atomic E-state index is -0.0966. The van der Waals surface area contributed by atoms with Gasteiger partial charge in [-0.3, -0.25) is 19.4 Å². The van der Waals surface area contributed by atoms with Gasteiger partial charge in [0.1, 0.15) is 0 Å². The summed E-state index contributed by atoms with van der Waals surface area (Å²) in [4.78, 5) is 18.6. The van der Waals surface area contributed by atoms with Gasteiger partial charge in [0, 0.05) is 20.4 Å². The lowest BCUT2D eigenvalue weighted by Gasteiger charge is -2.26. The second-order valence-electron chi connectivity index (χ2n) is 5.46. The number of carbonyl (C=O) groups excluding carboxylic acids is 1. The van der Waals surface area contributed by atoms with Crippen LogP contribution in [-0.4, -0.2) is 52.9 Å². The molecule has 0 radical (unpaired) electrons. The Bertz CT molecular complexity index is 641. The Hall–Kier alpha value is -2.25. The summed E-state index contributed by atoms with van der Waals surface area (Å²) in [5.74, 6) is -0.0966. The van der Waals surface area contributed by atoms with Gasteiger partial charge in [-0.15, -0.1) is 0 Å². The zero-order chi connectivity index (χ0) is 16.8. The van der Waals surface area contributed by atoms with Crippen LogP contribution in [0.4, 0.5) is 5.69 Å². The van der Waals surface area contributed by atoms with E-state index in [4.69, 9.17) is 4.74 Å². The molecule has 124 valence electrons. The average Bonchev–Trinajstić information content (AvgIpc) is 2.85. The molecule has 0 spiro atoms. The Labute approximate surface area is 136 Å². The highest BCUT2D eigenvalue weighted by Crippen LogP contribution is 2.18. The van der Waals surface area contributed by atoms with Crippen LogP contribution in [0.15, 0.2) is 30.6 Å². The molecule has 0 aliphatic heterocycles. The van der Waals surface area contributed by atoms with Crippen molar-refractivity contribution in [3.63, 3.8) is 0 Å². The first-order valence-corrected chi connectivity index (χ1v) is 7.41. The van der Waals surface area contributed by atoms with Crippen LogP contribution in [0.3, 0.4) is 0 Å². The Morgan fingerprint density at radius 2 is 2.26 bits per heavy atom. The lowest BCUT2D eigenvalue weighted by Crippen LogP contribution is -2.35. The molecule has 2 rings (SSSR count). The maximum Gasteiger partial charge on any atom is 0.238 e. The molecule has 1 atom stereocenters. The maximum atomic E-state index is 12.3. The molecular weight excluding hydrogens is 294 g/mol. The number of methoxy groups -OCH3 is 1. The standard InChI is InChI=1S/C16H23N5O2/c1-12-14(9-18-21(12)3)19-16(22)10-20(2)15(11-23-4)13-7-5-6-8-17-13/h5-9,15H,10-11H2,1-4H3,(H,19,22). The number of nitrogens with zero attached hydrogens (tertiary/aromatic N) is 4. The van der Waals surface area contributed by atoms with Gasteiger partial charge in [0.25, 0.3) is 0 Å². The number of hydrogen-bond acceptors (Lipinski definition) is 5. The molecular formula is C16H23N5O2. The van der Waals surface area contributed by atoms with E-state index in [0.29, 0.717) is 6.61 Å². The van der Waals surface area contributed by atoms with Crippen LogP contribution >= 0.6 is 0 Å². The van der Waals surface area contributed by atoms with Crippen LogP contribution in [0.25, 0.3) is 0 Å². The van der Waals surface area contributed by atoms with Gasteiger partial charge in [-0.1, -0.05) is 6.07 Å². The lowest BCUT2D eigenvalue weighted by molar-refractivity contribution is -0.117. The summed E-state index contributed by atoms with van der Waals surface area (Å²) < 4.78 is 7.00. The number of amides is 1.